The normalized spacial score (nSPS) is 17.1. The van der Waals surface area contributed by atoms with Gasteiger partial charge in [0.15, 0.2) is 0 Å². The zero-order valence-electron chi connectivity index (χ0n) is 15.7. The number of fused-ring (bicyclic) bond motifs is 1. The van der Waals surface area contributed by atoms with Crippen molar-refractivity contribution in [1.82, 2.24) is 4.98 Å². The molecule has 28 heavy (non-hydrogen) atoms. The highest BCUT2D eigenvalue weighted by atomic mass is 32.2. The molecule has 1 aliphatic rings. The monoisotopic (exact) mass is 407 g/mol. The molecule has 1 N–H and O–H groups in total. The molecule has 1 fully saturated rings. The fourth-order valence-corrected chi connectivity index (χ4v) is 4.83. The van der Waals surface area contributed by atoms with E-state index in [1.165, 1.54) is 11.6 Å². The maximum absolute atomic E-state index is 14.9. The van der Waals surface area contributed by atoms with Crippen LogP contribution in [0.3, 0.4) is 0 Å². The largest absolute Gasteiger partial charge is 0.416 e. The molecule has 1 saturated carbocycles. The third kappa shape index (κ3) is 3.11. The van der Waals surface area contributed by atoms with Crippen molar-refractivity contribution in [3.05, 3.63) is 70.7 Å². The van der Waals surface area contributed by atoms with Gasteiger partial charge in [0.25, 0.3) is 0 Å². The number of aromatic nitrogens is 1. The molecule has 0 aliphatic heterocycles. The maximum atomic E-state index is 14.9. The first-order valence-corrected chi connectivity index (χ1v) is 10.6. The number of alkyl halides is 3. The van der Waals surface area contributed by atoms with Crippen molar-refractivity contribution < 1.29 is 17.6 Å². The van der Waals surface area contributed by atoms with Gasteiger partial charge in [0.05, 0.1) is 5.56 Å². The molecule has 6 heteroatoms. The summed E-state index contributed by atoms with van der Waals surface area (Å²) in [6.45, 7) is 1.96. The van der Waals surface area contributed by atoms with Crippen LogP contribution in [-0.2, 0) is 17.3 Å². The van der Waals surface area contributed by atoms with E-state index in [1.54, 1.807) is 11.8 Å². The average Bonchev–Trinajstić information content (AvgIpc) is 3.40. The summed E-state index contributed by atoms with van der Waals surface area (Å²) in [6, 6.07) is 9.00. The van der Waals surface area contributed by atoms with Crippen molar-refractivity contribution in [3.8, 4) is 0 Å². The molecule has 2 aromatic carbocycles. The summed E-state index contributed by atoms with van der Waals surface area (Å²) in [6.07, 6.45) is 1.27. The number of nitrogens with one attached hydrogen (secondary N) is 1. The zero-order valence-corrected chi connectivity index (χ0v) is 16.5. The molecule has 0 amide bonds. The second-order valence-electron chi connectivity index (χ2n) is 7.64. The van der Waals surface area contributed by atoms with Gasteiger partial charge in [-0.1, -0.05) is 31.2 Å². The van der Waals surface area contributed by atoms with Gasteiger partial charge in [0, 0.05) is 28.3 Å². The lowest BCUT2D eigenvalue weighted by molar-refractivity contribution is -0.137. The standard InChI is InChI=1S/C22H21F4NS/c1-21(14-6-7-14,17-9-8-15(10-19(17)23)22(24,25)26)18-11-27-20-13(12-28-2)4-3-5-16(18)20/h3-5,8-11,14,27H,6-7,12H2,1-2H3. The quantitative estimate of drug-likeness (QED) is 0.455. The van der Waals surface area contributed by atoms with E-state index in [2.05, 4.69) is 11.1 Å². The Kier molecular flexibility index (Phi) is 4.73. The number of rotatable bonds is 5. The predicted octanol–water partition coefficient (Wildman–Crippen LogP) is 6.90. The van der Waals surface area contributed by atoms with Gasteiger partial charge in [0.2, 0.25) is 0 Å². The SMILES string of the molecule is CSCc1cccc2c(C(C)(c3ccc(C(F)(F)F)cc3F)C3CC3)c[nH]c12. The van der Waals surface area contributed by atoms with E-state index in [4.69, 9.17) is 0 Å². The number of H-pyrrole nitrogens is 1. The Morgan fingerprint density at radius 1 is 1.11 bits per heavy atom. The van der Waals surface area contributed by atoms with Crippen LogP contribution in [-0.4, -0.2) is 11.2 Å². The minimum absolute atomic E-state index is 0.210. The molecule has 0 saturated heterocycles. The molecule has 1 heterocycles. The molecule has 0 radical (unpaired) electrons. The summed E-state index contributed by atoms with van der Waals surface area (Å²) in [5, 5.41) is 1.01. The minimum Gasteiger partial charge on any atom is -0.361 e. The topological polar surface area (TPSA) is 15.8 Å². The van der Waals surface area contributed by atoms with Gasteiger partial charge >= 0.3 is 6.18 Å². The van der Waals surface area contributed by atoms with Crippen molar-refractivity contribution in [2.75, 3.05) is 6.26 Å². The van der Waals surface area contributed by atoms with Crippen LogP contribution >= 0.6 is 11.8 Å². The van der Waals surface area contributed by atoms with Gasteiger partial charge in [-0.2, -0.15) is 24.9 Å². The van der Waals surface area contributed by atoms with Crippen LogP contribution in [0, 0.1) is 11.7 Å². The summed E-state index contributed by atoms with van der Waals surface area (Å²) in [5.41, 5.74) is 1.84. The van der Waals surface area contributed by atoms with E-state index in [0.717, 1.165) is 41.1 Å². The number of hydrogen-bond acceptors (Lipinski definition) is 1. The fraction of sp³-hybridized carbons (Fsp3) is 0.364. The van der Waals surface area contributed by atoms with Crippen molar-refractivity contribution in [3.63, 3.8) is 0 Å². The van der Waals surface area contributed by atoms with Crippen LogP contribution in [0.5, 0.6) is 0 Å². The third-order valence-electron chi connectivity index (χ3n) is 5.91. The first-order valence-electron chi connectivity index (χ1n) is 9.22. The number of halogens is 4. The lowest BCUT2D eigenvalue weighted by Gasteiger charge is -2.31. The Morgan fingerprint density at radius 3 is 2.46 bits per heavy atom. The predicted molar refractivity (Wildman–Crippen MR) is 106 cm³/mol. The summed E-state index contributed by atoms with van der Waals surface area (Å²) >= 11 is 1.72. The Morgan fingerprint density at radius 2 is 1.86 bits per heavy atom. The van der Waals surface area contributed by atoms with Gasteiger partial charge in [-0.25, -0.2) is 4.39 Å². The van der Waals surface area contributed by atoms with E-state index in [-0.39, 0.29) is 5.92 Å². The van der Waals surface area contributed by atoms with E-state index in [1.807, 2.05) is 31.5 Å². The van der Waals surface area contributed by atoms with Crippen LogP contribution < -0.4 is 0 Å². The van der Waals surface area contributed by atoms with E-state index in [9.17, 15) is 17.6 Å². The summed E-state index contributed by atoms with van der Waals surface area (Å²) < 4.78 is 53.9. The molecular formula is C22H21F4NS. The fourth-order valence-electron chi connectivity index (χ4n) is 4.28. The first-order chi connectivity index (χ1) is 13.3. The van der Waals surface area contributed by atoms with Crippen LogP contribution in [0.4, 0.5) is 17.6 Å². The third-order valence-corrected chi connectivity index (χ3v) is 6.51. The number of thioether (sulfide) groups is 1. The number of aromatic amines is 1. The first kappa shape index (κ1) is 19.4. The van der Waals surface area contributed by atoms with E-state index < -0.39 is 23.0 Å². The van der Waals surface area contributed by atoms with Crippen molar-refractivity contribution >= 4 is 22.7 Å². The average molecular weight is 407 g/mol. The minimum atomic E-state index is -4.55. The molecular weight excluding hydrogens is 386 g/mol. The Bertz CT molecular complexity index is 1020. The second-order valence-corrected chi connectivity index (χ2v) is 8.51. The van der Waals surface area contributed by atoms with Gasteiger partial charge in [-0.15, -0.1) is 0 Å². The Balaban J connectivity index is 1.88. The molecule has 0 spiro atoms. The van der Waals surface area contributed by atoms with Gasteiger partial charge in [-0.3, -0.25) is 0 Å². The molecule has 1 nitrogen and oxygen atoms in total. The van der Waals surface area contributed by atoms with Crippen molar-refractivity contribution in [2.45, 2.75) is 37.1 Å². The molecule has 1 atom stereocenters. The Hall–Kier alpha value is -1.95. The highest BCUT2D eigenvalue weighted by Crippen LogP contribution is 2.53. The lowest BCUT2D eigenvalue weighted by atomic mass is 9.71. The molecule has 1 aromatic heterocycles. The molecule has 0 bridgehead atoms. The molecule has 4 rings (SSSR count). The van der Waals surface area contributed by atoms with Gasteiger partial charge in [-0.05, 0) is 53.8 Å². The lowest BCUT2D eigenvalue weighted by Crippen LogP contribution is -2.28. The van der Waals surface area contributed by atoms with Crippen LogP contribution in [0.2, 0.25) is 0 Å². The summed E-state index contributed by atoms with van der Waals surface area (Å²) in [5.74, 6) is 0.271. The van der Waals surface area contributed by atoms with Crippen LogP contribution in [0.25, 0.3) is 10.9 Å². The number of para-hydroxylation sites is 1. The molecule has 1 aliphatic carbocycles. The summed E-state index contributed by atoms with van der Waals surface area (Å²) in [4.78, 5) is 3.34. The van der Waals surface area contributed by atoms with Gasteiger partial charge in [0.1, 0.15) is 5.82 Å². The summed E-state index contributed by atoms with van der Waals surface area (Å²) in [7, 11) is 0. The second kappa shape index (κ2) is 6.83. The highest BCUT2D eigenvalue weighted by molar-refractivity contribution is 7.97. The molecule has 148 valence electrons. The maximum Gasteiger partial charge on any atom is 0.416 e. The van der Waals surface area contributed by atoms with Gasteiger partial charge < -0.3 is 4.98 Å². The van der Waals surface area contributed by atoms with E-state index >= 15 is 0 Å². The van der Waals surface area contributed by atoms with Crippen molar-refractivity contribution in [2.24, 2.45) is 5.92 Å². The zero-order chi connectivity index (χ0) is 20.1. The molecule has 1 unspecified atom stereocenters. The number of hydrogen-bond donors (Lipinski definition) is 1. The Labute approximate surface area is 165 Å². The van der Waals surface area contributed by atoms with E-state index in [0.29, 0.717) is 11.6 Å². The number of benzene rings is 2. The molecule has 3 aromatic rings. The van der Waals surface area contributed by atoms with Crippen molar-refractivity contribution in [1.29, 1.82) is 0 Å². The van der Waals surface area contributed by atoms with Crippen LogP contribution in [0.1, 0.15) is 42.0 Å². The highest BCUT2D eigenvalue weighted by Gasteiger charge is 2.47. The smallest absolute Gasteiger partial charge is 0.361 e. The van der Waals surface area contributed by atoms with Crippen LogP contribution in [0.15, 0.2) is 42.6 Å².